The maximum absolute atomic E-state index is 13.1. The second-order valence-electron chi connectivity index (χ2n) is 8.69. The van der Waals surface area contributed by atoms with E-state index in [1.165, 1.54) is 28.6 Å². The zero-order chi connectivity index (χ0) is 23.9. The highest BCUT2D eigenvalue weighted by Gasteiger charge is 2.29. The Morgan fingerprint density at radius 3 is 2.32 bits per heavy atom. The number of hydrogen-bond acceptors (Lipinski definition) is 5. The number of aryl methyl sites for hydroxylation is 1. The average molecular weight is 499 g/mol. The number of benzene rings is 2. The molecular weight excluding hydrogens is 472 g/mol. The average Bonchev–Trinajstić information content (AvgIpc) is 3.37. The summed E-state index contributed by atoms with van der Waals surface area (Å²) in [5.41, 5.74) is 3.73. The van der Waals surface area contributed by atoms with Gasteiger partial charge in [-0.2, -0.15) is 9.40 Å². The zero-order valence-electron chi connectivity index (χ0n) is 18.9. The summed E-state index contributed by atoms with van der Waals surface area (Å²) in [5, 5.41) is 7.54. The quantitative estimate of drug-likeness (QED) is 0.581. The van der Waals surface area contributed by atoms with Crippen LogP contribution in [0.25, 0.3) is 5.69 Å². The third-order valence-corrected chi connectivity index (χ3v) is 9.37. The topological polar surface area (TPSA) is 101 Å². The van der Waals surface area contributed by atoms with Gasteiger partial charge < -0.3 is 5.32 Å². The molecule has 3 aromatic rings. The van der Waals surface area contributed by atoms with E-state index in [1.807, 2.05) is 31.2 Å². The summed E-state index contributed by atoms with van der Waals surface area (Å²) in [4.78, 5) is 13.3. The molecule has 1 unspecified atom stereocenters. The lowest BCUT2D eigenvalue weighted by Crippen LogP contribution is -2.35. The largest absolute Gasteiger partial charge is 0.306 e. The van der Waals surface area contributed by atoms with Gasteiger partial charge in [0.1, 0.15) is 5.82 Å². The van der Waals surface area contributed by atoms with Gasteiger partial charge in [-0.15, -0.1) is 0 Å². The smallest absolute Gasteiger partial charge is 0.256 e. The summed E-state index contributed by atoms with van der Waals surface area (Å²) in [6.07, 6.45) is 2.77. The molecule has 2 aliphatic rings. The van der Waals surface area contributed by atoms with Gasteiger partial charge in [-0.25, -0.2) is 13.1 Å². The second kappa shape index (κ2) is 9.09. The van der Waals surface area contributed by atoms with Gasteiger partial charge in [0.25, 0.3) is 5.91 Å². The van der Waals surface area contributed by atoms with Gasteiger partial charge in [0.2, 0.25) is 10.0 Å². The van der Waals surface area contributed by atoms with Crippen molar-refractivity contribution < 1.29 is 17.4 Å². The summed E-state index contributed by atoms with van der Waals surface area (Å²) in [5.74, 6) is 0.819. The molecule has 34 heavy (non-hydrogen) atoms. The Balaban J connectivity index is 1.41. The molecule has 1 N–H and O–H groups in total. The molecule has 3 heterocycles. The number of piperidine rings is 1. The molecule has 0 saturated carbocycles. The highest BCUT2D eigenvalue weighted by atomic mass is 32.2. The van der Waals surface area contributed by atoms with Crippen LogP contribution in [0.1, 0.15) is 46.4 Å². The van der Waals surface area contributed by atoms with E-state index in [1.54, 1.807) is 4.68 Å². The van der Waals surface area contributed by atoms with Gasteiger partial charge in [-0.1, -0.05) is 24.1 Å². The Morgan fingerprint density at radius 1 is 0.971 bits per heavy atom. The fourth-order valence-corrected chi connectivity index (χ4v) is 7.12. The normalized spacial score (nSPS) is 18.6. The number of nitrogens with one attached hydrogen (secondary N) is 1. The van der Waals surface area contributed by atoms with Crippen molar-refractivity contribution in [2.24, 2.45) is 0 Å². The number of aromatic nitrogens is 2. The first-order chi connectivity index (χ1) is 16.3. The minimum absolute atomic E-state index is 0.187. The van der Waals surface area contributed by atoms with Crippen molar-refractivity contribution in [2.75, 3.05) is 18.4 Å². The Kier molecular flexibility index (Phi) is 6.13. The van der Waals surface area contributed by atoms with E-state index in [-0.39, 0.29) is 10.8 Å². The minimum Gasteiger partial charge on any atom is -0.306 e. The zero-order valence-corrected chi connectivity index (χ0v) is 20.5. The molecule has 10 heteroatoms. The van der Waals surface area contributed by atoms with E-state index >= 15 is 0 Å². The van der Waals surface area contributed by atoms with Crippen LogP contribution in [0.5, 0.6) is 0 Å². The van der Waals surface area contributed by atoms with Crippen molar-refractivity contribution >= 4 is 32.5 Å². The van der Waals surface area contributed by atoms with Crippen molar-refractivity contribution in [1.82, 2.24) is 14.1 Å². The lowest BCUT2D eigenvalue weighted by atomic mass is 10.2. The van der Waals surface area contributed by atoms with E-state index < -0.39 is 20.8 Å². The van der Waals surface area contributed by atoms with Crippen LogP contribution >= 0.6 is 0 Å². The molecule has 0 spiro atoms. The molecule has 2 aliphatic heterocycles. The van der Waals surface area contributed by atoms with Gasteiger partial charge in [-0.3, -0.25) is 9.00 Å². The molecule has 1 amide bonds. The second-order valence-corrected chi connectivity index (χ2v) is 12.1. The molecule has 178 valence electrons. The molecule has 0 radical (unpaired) electrons. The van der Waals surface area contributed by atoms with Crippen LogP contribution in [0.3, 0.4) is 0 Å². The highest BCUT2D eigenvalue weighted by molar-refractivity contribution is 7.89. The number of carbonyl (C=O) groups is 1. The van der Waals surface area contributed by atoms with Crippen molar-refractivity contribution in [3.63, 3.8) is 0 Å². The van der Waals surface area contributed by atoms with Crippen molar-refractivity contribution in [3.8, 4) is 5.69 Å². The molecule has 1 aromatic heterocycles. The van der Waals surface area contributed by atoms with Crippen LogP contribution in [0.4, 0.5) is 5.82 Å². The number of anilines is 1. The molecule has 5 rings (SSSR count). The number of fused-ring (bicyclic) bond motifs is 1. The van der Waals surface area contributed by atoms with Gasteiger partial charge >= 0.3 is 0 Å². The Labute approximate surface area is 201 Å². The van der Waals surface area contributed by atoms with E-state index in [2.05, 4.69) is 10.4 Å². The Hall–Kier alpha value is -2.82. The molecule has 0 bridgehead atoms. The van der Waals surface area contributed by atoms with Crippen LogP contribution in [0, 0.1) is 6.92 Å². The van der Waals surface area contributed by atoms with Crippen LogP contribution in [-0.2, 0) is 32.3 Å². The fraction of sp³-hybridized carbons (Fsp3) is 0.333. The number of carbonyl (C=O) groups excluding carboxylic acids is 1. The number of amides is 1. The van der Waals surface area contributed by atoms with E-state index in [0.29, 0.717) is 36.0 Å². The summed E-state index contributed by atoms with van der Waals surface area (Å²) >= 11 is 0. The van der Waals surface area contributed by atoms with E-state index in [0.717, 1.165) is 41.8 Å². The summed E-state index contributed by atoms with van der Waals surface area (Å²) < 4.78 is 41.1. The van der Waals surface area contributed by atoms with Crippen LogP contribution in [0.2, 0.25) is 0 Å². The third kappa shape index (κ3) is 4.33. The van der Waals surface area contributed by atoms with Crippen molar-refractivity contribution in [1.29, 1.82) is 0 Å². The van der Waals surface area contributed by atoms with Crippen LogP contribution in [0.15, 0.2) is 53.4 Å². The predicted octanol–water partition coefficient (Wildman–Crippen LogP) is 3.37. The first-order valence-corrected chi connectivity index (χ1v) is 14.2. The third-order valence-electron chi connectivity index (χ3n) is 6.25. The van der Waals surface area contributed by atoms with Gasteiger partial charge in [0, 0.05) is 35.0 Å². The standard InChI is InChI=1S/C24H26N4O4S2/c1-17-5-9-19(10-6-17)28-23(21-15-33(30)16-22(21)26-28)25-24(29)18-7-11-20(12-8-18)34(31,32)27-13-3-2-4-14-27/h5-12H,2-4,13-16H2,1H3,(H,25,29). The number of sulfonamides is 1. The van der Waals surface area contributed by atoms with Gasteiger partial charge in [0.05, 0.1) is 27.8 Å². The molecular formula is C24H26N4O4S2. The first-order valence-electron chi connectivity index (χ1n) is 11.3. The van der Waals surface area contributed by atoms with E-state index in [9.17, 15) is 17.4 Å². The molecule has 1 fully saturated rings. The molecule has 1 atom stereocenters. The Morgan fingerprint density at radius 2 is 1.65 bits per heavy atom. The van der Waals surface area contributed by atoms with Crippen molar-refractivity contribution in [2.45, 2.75) is 42.6 Å². The maximum atomic E-state index is 13.1. The van der Waals surface area contributed by atoms with Crippen molar-refractivity contribution in [3.05, 3.63) is 70.9 Å². The fourth-order valence-electron chi connectivity index (χ4n) is 4.34. The van der Waals surface area contributed by atoms with Gasteiger partial charge in [0.15, 0.2) is 0 Å². The number of hydrogen-bond donors (Lipinski definition) is 1. The predicted molar refractivity (Wildman–Crippen MR) is 131 cm³/mol. The minimum atomic E-state index is -3.56. The van der Waals surface area contributed by atoms with Crippen LogP contribution in [-0.4, -0.2) is 45.7 Å². The summed E-state index contributed by atoms with van der Waals surface area (Å²) in [6.45, 7) is 3.05. The highest BCUT2D eigenvalue weighted by Crippen LogP contribution is 2.32. The summed E-state index contributed by atoms with van der Waals surface area (Å²) in [7, 11) is -4.60. The number of rotatable bonds is 5. The summed E-state index contributed by atoms with van der Waals surface area (Å²) in [6, 6.07) is 13.8. The lowest BCUT2D eigenvalue weighted by molar-refractivity contribution is 0.102. The maximum Gasteiger partial charge on any atom is 0.256 e. The van der Waals surface area contributed by atoms with Gasteiger partial charge in [-0.05, 0) is 56.2 Å². The Bertz CT molecular complexity index is 1360. The van der Waals surface area contributed by atoms with E-state index in [4.69, 9.17) is 0 Å². The SMILES string of the molecule is Cc1ccc(-n2nc3c(c2NC(=O)c2ccc(S(=O)(=O)N4CCCCC4)cc2)CS(=O)C3)cc1. The number of nitrogens with zero attached hydrogens (tertiary/aromatic N) is 3. The molecule has 0 aliphatic carbocycles. The molecule has 1 saturated heterocycles. The lowest BCUT2D eigenvalue weighted by Gasteiger charge is -2.25. The molecule has 8 nitrogen and oxygen atoms in total. The van der Waals surface area contributed by atoms with Crippen LogP contribution < -0.4 is 5.32 Å². The first kappa shape index (κ1) is 22.9. The monoisotopic (exact) mass is 498 g/mol. The molecule has 2 aromatic carbocycles.